The fourth-order valence-corrected chi connectivity index (χ4v) is 2.97. The summed E-state index contributed by atoms with van der Waals surface area (Å²) < 4.78 is 5.68. The number of benzene rings is 1. The number of likely N-dealkylation sites (tertiary alicyclic amines) is 1. The van der Waals surface area contributed by atoms with E-state index in [1.807, 2.05) is 0 Å². The van der Waals surface area contributed by atoms with Gasteiger partial charge in [-0.2, -0.15) is 0 Å². The number of ether oxygens (including phenoxy) is 1. The molecule has 4 heteroatoms. The molecule has 2 N–H and O–H groups in total. The van der Waals surface area contributed by atoms with Gasteiger partial charge in [-0.3, -0.25) is 4.90 Å². The zero-order chi connectivity index (χ0) is 14.4. The lowest BCUT2D eigenvalue weighted by Crippen LogP contribution is -2.35. The number of hydrogen-bond donors (Lipinski definition) is 1. The van der Waals surface area contributed by atoms with Crippen molar-refractivity contribution in [1.29, 1.82) is 0 Å². The van der Waals surface area contributed by atoms with E-state index in [1.54, 1.807) is 0 Å². The molecule has 0 radical (unpaired) electrons. The number of halogens is 1. The number of piperidine rings is 1. The Hall–Kier alpha value is -0.770. The summed E-state index contributed by atoms with van der Waals surface area (Å²) in [6.45, 7) is 8.38. The van der Waals surface area contributed by atoms with E-state index in [-0.39, 0.29) is 18.5 Å². The molecule has 0 aromatic heterocycles. The highest BCUT2D eigenvalue weighted by Crippen LogP contribution is 2.21. The van der Waals surface area contributed by atoms with E-state index in [1.165, 1.54) is 31.5 Å². The second-order valence-corrected chi connectivity index (χ2v) is 6.13. The van der Waals surface area contributed by atoms with Gasteiger partial charge in [0, 0.05) is 13.1 Å². The molecular formula is C17H29ClN2O. The summed E-state index contributed by atoms with van der Waals surface area (Å²) in [5, 5.41) is 0. The van der Waals surface area contributed by atoms with Crippen LogP contribution in [0.25, 0.3) is 0 Å². The average molecular weight is 313 g/mol. The molecule has 1 saturated heterocycles. The smallest absolute Gasteiger partial charge is 0.119 e. The minimum atomic E-state index is 0. The van der Waals surface area contributed by atoms with Gasteiger partial charge in [0.15, 0.2) is 0 Å². The number of nitrogens with two attached hydrogens (primary N) is 1. The molecule has 0 bridgehead atoms. The van der Waals surface area contributed by atoms with Gasteiger partial charge in [0.1, 0.15) is 5.75 Å². The number of nitrogens with zero attached hydrogens (tertiary/aromatic N) is 1. The summed E-state index contributed by atoms with van der Waals surface area (Å²) in [6.07, 6.45) is 4.05. The van der Waals surface area contributed by atoms with Gasteiger partial charge < -0.3 is 10.5 Å². The normalized spacial score (nSPS) is 19.3. The van der Waals surface area contributed by atoms with Crippen molar-refractivity contribution in [2.75, 3.05) is 19.6 Å². The second-order valence-electron chi connectivity index (χ2n) is 6.13. The first-order valence-corrected chi connectivity index (χ1v) is 7.85. The first-order valence-electron chi connectivity index (χ1n) is 7.85. The molecule has 1 aliphatic heterocycles. The van der Waals surface area contributed by atoms with Gasteiger partial charge in [-0.05, 0) is 69.8 Å². The quantitative estimate of drug-likeness (QED) is 0.874. The third-order valence-corrected chi connectivity index (χ3v) is 3.88. The highest BCUT2D eigenvalue weighted by Gasteiger charge is 2.19. The van der Waals surface area contributed by atoms with Crippen LogP contribution in [0.1, 0.15) is 38.7 Å². The lowest BCUT2D eigenvalue weighted by Gasteiger charge is -2.32. The molecule has 0 aliphatic carbocycles. The van der Waals surface area contributed by atoms with Crippen molar-refractivity contribution in [3.05, 3.63) is 29.8 Å². The molecule has 120 valence electrons. The predicted molar refractivity (Wildman–Crippen MR) is 91.1 cm³/mol. The van der Waals surface area contributed by atoms with E-state index in [0.29, 0.717) is 0 Å². The van der Waals surface area contributed by atoms with Crippen LogP contribution in [0.2, 0.25) is 0 Å². The van der Waals surface area contributed by atoms with Crippen LogP contribution in [0.4, 0.5) is 0 Å². The molecule has 3 nitrogen and oxygen atoms in total. The number of rotatable bonds is 6. The predicted octanol–water partition coefficient (Wildman–Crippen LogP) is 3.46. The molecule has 1 heterocycles. The molecule has 1 aromatic carbocycles. The molecule has 21 heavy (non-hydrogen) atoms. The molecule has 1 aromatic rings. The molecule has 1 unspecified atom stereocenters. The Morgan fingerprint density at radius 2 is 2.00 bits per heavy atom. The van der Waals surface area contributed by atoms with E-state index < -0.39 is 0 Å². The molecule has 0 spiro atoms. The average Bonchev–Trinajstić information content (AvgIpc) is 2.41. The number of hydrogen-bond acceptors (Lipinski definition) is 3. The summed E-state index contributed by atoms with van der Waals surface area (Å²) in [6, 6.07) is 8.53. The van der Waals surface area contributed by atoms with Crippen LogP contribution in [0.5, 0.6) is 5.75 Å². The van der Waals surface area contributed by atoms with Crippen LogP contribution < -0.4 is 10.5 Å². The lowest BCUT2D eigenvalue weighted by molar-refractivity contribution is 0.163. The Balaban J connectivity index is 0.00000220. The molecule has 2 rings (SSSR count). The van der Waals surface area contributed by atoms with Crippen LogP contribution in [0.3, 0.4) is 0 Å². The standard InChI is InChI=1S/C17H28N2O.ClH/c1-14(2)20-17-7-5-16(6-8-17)13-19-11-3-4-15(12-19)9-10-18;/h5-8,14-15H,3-4,9-13,18H2,1-2H3;1H. The van der Waals surface area contributed by atoms with Gasteiger partial charge in [0.05, 0.1) is 6.10 Å². The minimum Gasteiger partial charge on any atom is -0.491 e. The molecule has 0 amide bonds. The summed E-state index contributed by atoms with van der Waals surface area (Å²) in [5.41, 5.74) is 7.05. The van der Waals surface area contributed by atoms with Gasteiger partial charge >= 0.3 is 0 Å². The highest BCUT2D eigenvalue weighted by molar-refractivity contribution is 5.85. The Labute approximate surface area is 135 Å². The van der Waals surface area contributed by atoms with Crippen molar-refractivity contribution in [1.82, 2.24) is 4.90 Å². The van der Waals surface area contributed by atoms with Crippen molar-refractivity contribution >= 4 is 12.4 Å². The Morgan fingerprint density at radius 3 is 2.62 bits per heavy atom. The van der Waals surface area contributed by atoms with Crippen molar-refractivity contribution in [2.45, 2.75) is 45.8 Å². The molecule has 1 atom stereocenters. The minimum absolute atomic E-state index is 0. The summed E-state index contributed by atoms with van der Waals surface area (Å²) in [4.78, 5) is 2.56. The van der Waals surface area contributed by atoms with Gasteiger partial charge in [-0.1, -0.05) is 12.1 Å². The third kappa shape index (κ3) is 6.25. The maximum atomic E-state index is 5.68. The van der Waals surface area contributed by atoms with Crippen molar-refractivity contribution in [3.63, 3.8) is 0 Å². The van der Waals surface area contributed by atoms with E-state index in [0.717, 1.165) is 31.2 Å². The van der Waals surface area contributed by atoms with Crippen molar-refractivity contribution < 1.29 is 4.74 Å². The Bertz CT molecular complexity index is 392. The van der Waals surface area contributed by atoms with Crippen LogP contribution >= 0.6 is 12.4 Å². The summed E-state index contributed by atoms with van der Waals surface area (Å²) in [7, 11) is 0. The molecular weight excluding hydrogens is 284 g/mol. The first kappa shape index (κ1) is 18.3. The van der Waals surface area contributed by atoms with Gasteiger partial charge in [0.2, 0.25) is 0 Å². The van der Waals surface area contributed by atoms with Crippen molar-refractivity contribution in [2.24, 2.45) is 11.7 Å². The largest absolute Gasteiger partial charge is 0.491 e. The summed E-state index contributed by atoms with van der Waals surface area (Å²) >= 11 is 0. The Morgan fingerprint density at radius 1 is 1.29 bits per heavy atom. The molecule has 0 saturated carbocycles. The fourth-order valence-electron chi connectivity index (χ4n) is 2.97. The maximum absolute atomic E-state index is 5.68. The fraction of sp³-hybridized carbons (Fsp3) is 0.647. The molecule has 1 aliphatic rings. The first-order chi connectivity index (χ1) is 9.67. The lowest BCUT2D eigenvalue weighted by atomic mass is 9.94. The highest BCUT2D eigenvalue weighted by atomic mass is 35.5. The van der Waals surface area contributed by atoms with E-state index in [4.69, 9.17) is 10.5 Å². The second kappa shape index (κ2) is 9.29. The van der Waals surface area contributed by atoms with Crippen LogP contribution in [-0.2, 0) is 6.54 Å². The van der Waals surface area contributed by atoms with E-state index in [2.05, 4.69) is 43.0 Å². The van der Waals surface area contributed by atoms with Crippen LogP contribution in [0.15, 0.2) is 24.3 Å². The van der Waals surface area contributed by atoms with E-state index in [9.17, 15) is 0 Å². The summed E-state index contributed by atoms with van der Waals surface area (Å²) in [5.74, 6) is 1.75. The van der Waals surface area contributed by atoms with Gasteiger partial charge in [-0.25, -0.2) is 0 Å². The van der Waals surface area contributed by atoms with E-state index >= 15 is 0 Å². The zero-order valence-electron chi connectivity index (χ0n) is 13.3. The van der Waals surface area contributed by atoms with Crippen LogP contribution in [-0.4, -0.2) is 30.6 Å². The van der Waals surface area contributed by atoms with Crippen molar-refractivity contribution in [3.8, 4) is 5.75 Å². The Kier molecular flexibility index (Phi) is 8.09. The zero-order valence-corrected chi connectivity index (χ0v) is 14.1. The topological polar surface area (TPSA) is 38.5 Å². The SMILES string of the molecule is CC(C)Oc1ccc(CN2CCCC(CCN)C2)cc1.Cl. The maximum Gasteiger partial charge on any atom is 0.119 e. The molecule has 1 fully saturated rings. The van der Waals surface area contributed by atoms with Gasteiger partial charge in [0.25, 0.3) is 0 Å². The monoisotopic (exact) mass is 312 g/mol. The van der Waals surface area contributed by atoms with Crippen LogP contribution in [0, 0.1) is 5.92 Å². The third-order valence-electron chi connectivity index (χ3n) is 3.88. The van der Waals surface area contributed by atoms with Gasteiger partial charge in [-0.15, -0.1) is 12.4 Å².